The number of anilines is 1. The number of hydrogen-bond acceptors (Lipinski definition) is 3. The van der Waals surface area contributed by atoms with E-state index in [1.807, 2.05) is 30.7 Å². The highest BCUT2D eigenvalue weighted by molar-refractivity contribution is 6.04. The van der Waals surface area contributed by atoms with Gasteiger partial charge in [0.2, 0.25) is 0 Å². The minimum atomic E-state index is -4.44. The highest BCUT2D eigenvalue weighted by Crippen LogP contribution is 2.29. The Morgan fingerprint density at radius 3 is 2.29 bits per heavy atom. The molecule has 2 aromatic carbocycles. The Morgan fingerprint density at radius 2 is 1.74 bits per heavy atom. The molecule has 31 heavy (non-hydrogen) atoms. The van der Waals surface area contributed by atoms with Gasteiger partial charge in [0.15, 0.2) is 0 Å². The number of nitrogens with zero attached hydrogens (tertiary/aromatic N) is 2. The van der Waals surface area contributed by atoms with E-state index in [1.54, 1.807) is 12.1 Å². The number of aldehydes is 1. The first-order valence-corrected chi connectivity index (χ1v) is 9.79. The third kappa shape index (κ3) is 5.20. The zero-order valence-corrected chi connectivity index (χ0v) is 17.2. The number of aryl methyl sites for hydroxylation is 1. The third-order valence-corrected chi connectivity index (χ3v) is 5.01. The maximum Gasteiger partial charge on any atom is 0.416 e. The third-order valence-electron chi connectivity index (χ3n) is 5.01. The lowest BCUT2D eigenvalue weighted by Crippen LogP contribution is -2.13. The highest BCUT2D eigenvalue weighted by atomic mass is 19.4. The lowest BCUT2D eigenvalue weighted by atomic mass is 10.1. The van der Waals surface area contributed by atoms with E-state index in [-0.39, 0.29) is 5.56 Å². The van der Waals surface area contributed by atoms with Gasteiger partial charge in [0.1, 0.15) is 6.29 Å². The molecule has 1 N–H and O–H groups in total. The van der Waals surface area contributed by atoms with Crippen molar-refractivity contribution in [2.45, 2.75) is 39.4 Å². The van der Waals surface area contributed by atoms with Crippen molar-refractivity contribution in [2.24, 2.45) is 0 Å². The molecule has 0 atom stereocenters. The van der Waals surface area contributed by atoms with Crippen LogP contribution < -0.4 is 5.32 Å². The average Bonchev–Trinajstić information content (AvgIpc) is 3.03. The van der Waals surface area contributed by atoms with Crippen LogP contribution in [0.4, 0.5) is 18.9 Å². The minimum absolute atomic E-state index is 0.138. The zero-order chi connectivity index (χ0) is 22.6. The van der Waals surface area contributed by atoms with Crippen LogP contribution in [0.5, 0.6) is 0 Å². The van der Waals surface area contributed by atoms with E-state index in [9.17, 15) is 22.8 Å². The second-order valence-corrected chi connectivity index (χ2v) is 7.12. The molecule has 0 saturated heterocycles. The van der Waals surface area contributed by atoms with Gasteiger partial charge in [-0.1, -0.05) is 19.1 Å². The maximum atomic E-state index is 12.6. The standard InChI is InChI=1S/C23H22F3N3O2/c1-3-21-20(12-13-30)15(2)28-29(21)14-16-4-10-19(11-5-16)27-22(31)17-6-8-18(9-7-17)23(24,25)26/h4-11,13H,3,12,14H2,1-2H3,(H,27,31). The van der Waals surface area contributed by atoms with Gasteiger partial charge in [-0.25, -0.2) is 0 Å². The van der Waals surface area contributed by atoms with Gasteiger partial charge in [-0.05, 0) is 55.3 Å². The maximum absolute atomic E-state index is 12.6. The molecule has 0 spiro atoms. The summed E-state index contributed by atoms with van der Waals surface area (Å²) in [4.78, 5) is 23.2. The van der Waals surface area contributed by atoms with Crippen LogP contribution in [-0.4, -0.2) is 22.0 Å². The summed E-state index contributed by atoms with van der Waals surface area (Å²) in [6.07, 6.45) is -2.47. The predicted molar refractivity (Wildman–Crippen MR) is 111 cm³/mol. The number of carbonyl (C=O) groups excluding carboxylic acids is 2. The van der Waals surface area contributed by atoms with E-state index in [4.69, 9.17) is 0 Å². The number of alkyl halides is 3. The van der Waals surface area contributed by atoms with Gasteiger partial charge in [0, 0.05) is 28.9 Å². The summed E-state index contributed by atoms with van der Waals surface area (Å²) in [6, 6.07) is 11.2. The smallest absolute Gasteiger partial charge is 0.322 e. The summed E-state index contributed by atoms with van der Waals surface area (Å²) in [5, 5.41) is 7.22. The first-order valence-electron chi connectivity index (χ1n) is 9.79. The first-order chi connectivity index (χ1) is 14.7. The second-order valence-electron chi connectivity index (χ2n) is 7.12. The summed E-state index contributed by atoms with van der Waals surface area (Å²) in [7, 11) is 0. The molecule has 0 aliphatic heterocycles. The number of nitrogens with one attached hydrogen (secondary N) is 1. The number of aromatic nitrogens is 2. The van der Waals surface area contributed by atoms with E-state index in [0.717, 1.165) is 59.5 Å². The number of rotatable bonds is 7. The van der Waals surface area contributed by atoms with Crippen molar-refractivity contribution in [3.8, 4) is 0 Å². The van der Waals surface area contributed by atoms with Gasteiger partial charge < -0.3 is 10.1 Å². The monoisotopic (exact) mass is 429 g/mol. The van der Waals surface area contributed by atoms with Crippen molar-refractivity contribution < 1.29 is 22.8 Å². The summed E-state index contributed by atoms with van der Waals surface area (Å²) in [5.41, 5.74) is 3.64. The fourth-order valence-electron chi connectivity index (χ4n) is 3.42. The number of halogens is 3. The summed E-state index contributed by atoms with van der Waals surface area (Å²) >= 11 is 0. The van der Waals surface area contributed by atoms with Gasteiger partial charge in [0.25, 0.3) is 5.91 Å². The molecule has 0 bridgehead atoms. The molecule has 3 aromatic rings. The molecule has 1 amide bonds. The van der Waals surface area contributed by atoms with Crippen LogP contribution in [-0.2, 0) is 30.4 Å². The molecule has 0 unspecified atom stereocenters. The molecule has 8 heteroatoms. The molecule has 0 aliphatic rings. The Balaban J connectivity index is 1.69. The van der Waals surface area contributed by atoms with Crippen molar-refractivity contribution >= 4 is 17.9 Å². The lowest BCUT2D eigenvalue weighted by molar-refractivity contribution is -0.137. The minimum Gasteiger partial charge on any atom is -0.322 e. The van der Waals surface area contributed by atoms with Gasteiger partial charge in [-0.15, -0.1) is 0 Å². The predicted octanol–water partition coefficient (Wildman–Crippen LogP) is 4.81. The Morgan fingerprint density at radius 1 is 1.10 bits per heavy atom. The van der Waals surface area contributed by atoms with Gasteiger partial charge in [-0.3, -0.25) is 9.48 Å². The SMILES string of the molecule is CCc1c(CC=O)c(C)nn1Cc1ccc(NC(=O)c2ccc(C(F)(F)F)cc2)cc1. The summed E-state index contributed by atoms with van der Waals surface area (Å²) in [5.74, 6) is -0.490. The van der Waals surface area contributed by atoms with Crippen LogP contribution in [0.3, 0.4) is 0 Å². The fourth-order valence-corrected chi connectivity index (χ4v) is 3.42. The van der Waals surface area contributed by atoms with Crippen LogP contribution in [0.15, 0.2) is 48.5 Å². The van der Waals surface area contributed by atoms with Crippen LogP contribution in [0.25, 0.3) is 0 Å². The van der Waals surface area contributed by atoms with Gasteiger partial charge in [-0.2, -0.15) is 18.3 Å². The van der Waals surface area contributed by atoms with E-state index in [0.29, 0.717) is 18.7 Å². The van der Waals surface area contributed by atoms with E-state index in [2.05, 4.69) is 10.4 Å². The number of amides is 1. The summed E-state index contributed by atoms with van der Waals surface area (Å²) in [6.45, 7) is 4.42. The Hall–Kier alpha value is -3.42. The van der Waals surface area contributed by atoms with Crippen LogP contribution in [0, 0.1) is 6.92 Å². The molecule has 1 aromatic heterocycles. The van der Waals surface area contributed by atoms with Gasteiger partial charge >= 0.3 is 6.18 Å². The van der Waals surface area contributed by atoms with Crippen molar-refractivity contribution in [3.05, 3.63) is 82.2 Å². The molecular weight excluding hydrogens is 407 g/mol. The van der Waals surface area contributed by atoms with Crippen molar-refractivity contribution in [1.29, 1.82) is 0 Å². The quantitative estimate of drug-likeness (QED) is 0.548. The highest BCUT2D eigenvalue weighted by Gasteiger charge is 2.30. The fraction of sp³-hybridized carbons (Fsp3) is 0.261. The van der Waals surface area contributed by atoms with Crippen molar-refractivity contribution in [1.82, 2.24) is 9.78 Å². The summed E-state index contributed by atoms with van der Waals surface area (Å²) < 4.78 is 39.8. The first kappa shape index (κ1) is 22.3. The van der Waals surface area contributed by atoms with Crippen LogP contribution >= 0.6 is 0 Å². The Labute approximate surface area is 177 Å². The molecule has 0 fully saturated rings. The van der Waals surface area contributed by atoms with Crippen LogP contribution in [0.1, 0.15) is 45.4 Å². The Bertz CT molecular complexity index is 1070. The normalized spacial score (nSPS) is 11.4. The van der Waals surface area contributed by atoms with E-state index in [1.165, 1.54) is 0 Å². The molecule has 3 rings (SSSR count). The molecule has 0 aliphatic carbocycles. The molecule has 162 valence electrons. The number of carbonyl (C=O) groups is 2. The Kier molecular flexibility index (Phi) is 6.58. The topological polar surface area (TPSA) is 64.0 Å². The second kappa shape index (κ2) is 9.16. The zero-order valence-electron chi connectivity index (χ0n) is 17.2. The van der Waals surface area contributed by atoms with E-state index < -0.39 is 17.6 Å². The van der Waals surface area contributed by atoms with Crippen molar-refractivity contribution in [2.75, 3.05) is 5.32 Å². The van der Waals surface area contributed by atoms with Gasteiger partial charge in [0.05, 0.1) is 17.8 Å². The number of hydrogen-bond donors (Lipinski definition) is 1. The molecule has 5 nitrogen and oxygen atoms in total. The molecule has 0 saturated carbocycles. The molecule has 1 heterocycles. The lowest BCUT2D eigenvalue weighted by Gasteiger charge is -2.10. The van der Waals surface area contributed by atoms with Crippen molar-refractivity contribution in [3.63, 3.8) is 0 Å². The van der Waals surface area contributed by atoms with Crippen LogP contribution in [0.2, 0.25) is 0 Å². The molecule has 0 radical (unpaired) electrons. The average molecular weight is 429 g/mol. The number of benzene rings is 2. The largest absolute Gasteiger partial charge is 0.416 e. The molecular formula is C23H22F3N3O2. The van der Waals surface area contributed by atoms with E-state index >= 15 is 0 Å².